The number of rotatable bonds is 5. The summed E-state index contributed by atoms with van der Waals surface area (Å²) in [6.07, 6.45) is 2.24. The molecule has 1 aromatic heterocycles. The molecule has 1 aliphatic heterocycles. The van der Waals surface area contributed by atoms with Crippen LogP contribution in [-0.2, 0) is 24.1 Å². The summed E-state index contributed by atoms with van der Waals surface area (Å²) in [6, 6.07) is 15.7. The molecule has 5 heteroatoms. The van der Waals surface area contributed by atoms with E-state index in [0.29, 0.717) is 11.5 Å². The minimum Gasteiger partial charge on any atom is -0.490 e. The number of nitrogens with zero attached hydrogens (tertiary/aromatic N) is 1. The van der Waals surface area contributed by atoms with Crippen LogP contribution in [0.1, 0.15) is 30.7 Å². The molecule has 1 unspecified atom stereocenters. The lowest BCUT2D eigenvalue weighted by molar-refractivity contribution is -0.115. The van der Waals surface area contributed by atoms with Gasteiger partial charge >= 0.3 is 0 Å². The SMILES string of the molecule is CCc1ccc(NC(=O)Cc2cc(-c3ccc4c(c3)CC(C)O4)on2)cc1. The number of aryl methyl sites for hydroxylation is 1. The van der Waals surface area contributed by atoms with Crippen molar-refractivity contribution in [3.63, 3.8) is 0 Å². The molecule has 0 saturated heterocycles. The standard InChI is InChI=1S/C22H22N2O3/c1-3-15-4-7-18(8-5-15)23-22(25)13-19-12-21(27-24-19)16-6-9-20-17(11-16)10-14(2)26-20/h4-9,11-12,14H,3,10,13H2,1-2H3,(H,23,25). The lowest BCUT2D eigenvalue weighted by Gasteiger charge is -2.04. The second-order valence-electron chi connectivity index (χ2n) is 6.91. The Labute approximate surface area is 158 Å². The first kappa shape index (κ1) is 17.3. The van der Waals surface area contributed by atoms with E-state index in [2.05, 4.69) is 30.4 Å². The first-order valence-corrected chi connectivity index (χ1v) is 9.25. The van der Waals surface area contributed by atoms with Crippen LogP contribution in [0.5, 0.6) is 5.75 Å². The Morgan fingerprint density at radius 2 is 2.00 bits per heavy atom. The summed E-state index contributed by atoms with van der Waals surface area (Å²) >= 11 is 0. The van der Waals surface area contributed by atoms with Gasteiger partial charge in [-0.1, -0.05) is 24.2 Å². The van der Waals surface area contributed by atoms with Crippen molar-refractivity contribution in [1.82, 2.24) is 5.16 Å². The second kappa shape index (κ2) is 7.27. The molecule has 0 aliphatic carbocycles. The summed E-state index contributed by atoms with van der Waals surface area (Å²) in [7, 11) is 0. The Morgan fingerprint density at radius 1 is 1.19 bits per heavy atom. The molecule has 1 N–H and O–H groups in total. The number of carbonyl (C=O) groups excluding carboxylic acids is 1. The number of fused-ring (bicyclic) bond motifs is 1. The molecule has 27 heavy (non-hydrogen) atoms. The van der Waals surface area contributed by atoms with Crippen LogP contribution in [0.2, 0.25) is 0 Å². The van der Waals surface area contributed by atoms with E-state index < -0.39 is 0 Å². The largest absolute Gasteiger partial charge is 0.490 e. The third kappa shape index (κ3) is 3.87. The van der Waals surface area contributed by atoms with Crippen molar-refractivity contribution in [3.05, 3.63) is 65.4 Å². The van der Waals surface area contributed by atoms with E-state index in [9.17, 15) is 4.79 Å². The highest BCUT2D eigenvalue weighted by molar-refractivity contribution is 5.92. The molecule has 4 rings (SSSR count). The van der Waals surface area contributed by atoms with Crippen LogP contribution in [0.15, 0.2) is 53.1 Å². The molecule has 2 heterocycles. The maximum Gasteiger partial charge on any atom is 0.230 e. The van der Waals surface area contributed by atoms with Crippen LogP contribution in [0.3, 0.4) is 0 Å². The van der Waals surface area contributed by atoms with Crippen LogP contribution in [0, 0.1) is 0 Å². The molecule has 1 amide bonds. The molecule has 3 aromatic rings. The second-order valence-corrected chi connectivity index (χ2v) is 6.91. The molecule has 0 radical (unpaired) electrons. The average Bonchev–Trinajstić information content (AvgIpc) is 3.27. The Hall–Kier alpha value is -3.08. The van der Waals surface area contributed by atoms with Crippen molar-refractivity contribution in [1.29, 1.82) is 0 Å². The van der Waals surface area contributed by atoms with Crippen molar-refractivity contribution in [2.45, 2.75) is 39.2 Å². The molecule has 1 atom stereocenters. The van der Waals surface area contributed by atoms with Crippen molar-refractivity contribution in [3.8, 4) is 17.1 Å². The highest BCUT2D eigenvalue weighted by atomic mass is 16.5. The fraction of sp³-hybridized carbons (Fsp3) is 0.273. The summed E-state index contributed by atoms with van der Waals surface area (Å²) in [5, 5.41) is 6.94. The number of amides is 1. The number of hydrogen-bond donors (Lipinski definition) is 1. The van der Waals surface area contributed by atoms with E-state index in [1.807, 2.05) is 42.5 Å². The minimum atomic E-state index is -0.115. The molecule has 1 aliphatic rings. The van der Waals surface area contributed by atoms with Crippen molar-refractivity contribution < 1.29 is 14.1 Å². The lowest BCUT2D eigenvalue weighted by atomic mass is 10.1. The van der Waals surface area contributed by atoms with Gasteiger partial charge in [-0.3, -0.25) is 4.79 Å². The third-order valence-corrected chi connectivity index (χ3v) is 4.73. The molecule has 0 saturated carbocycles. The van der Waals surface area contributed by atoms with Gasteiger partial charge in [0.25, 0.3) is 0 Å². The Bertz CT molecular complexity index is 960. The number of carbonyl (C=O) groups is 1. The van der Waals surface area contributed by atoms with E-state index >= 15 is 0 Å². The zero-order chi connectivity index (χ0) is 18.8. The summed E-state index contributed by atoms with van der Waals surface area (Å²) in [5.74, 6) is 1.47. The molecule has 0 spiro atoms. The number of aromatic nitrogens is 1. The van der Waals surface area contributed by atoms with Crippen molar-refractivity contribution in [2.75, 3.05) is 5.32 Å². The third-order valence-electron chi connectivity index (χ3n) is 4.73. The maximum absolute atomic E-state index is 12.3. The molecule has 5 nitrogen and oxygen atoms in total. The fourth-order valence-electron chi connectivity index (χ4n) is 3.30. The summed E-state index contributed by atoms with van der Waals surface area (Å²) in [5.41, 5.74) is 4.75. The van der Waals surface area contributed by atoms with Gasteiger partial charge in [0.05, 0.1) is 12.1 Å². The van der Waals surface area contributed by atoms with E-state index in [1.165, 1.54) is 11.1 Å². The van der Waals surface area contributed by atoms with Gasteiger partial charge in [-0.15, -0.1) is 0 Å². The number of anilines is 1. The number of nitrogens with one attached hydrogen (secondary N) is 1. The summed E-state index contributed by atoms with van der Waals surface area (Å²) in [6.45, 7) is 4.16. The highest BCUT2D eigenvalue weighted by Crippen LogP contribution is 2.33. The minimum absolute atomic E-state index is 0.115. The van der Waals surface area contributed by atoms with Gasteiger partial charge in [0.1, 0.15) is 11.9 Å². The van der Waals surface area contributed by atoms with Gasteiger partial charge in [0, 0.05) is 23.7 Å². The van der Waals surface area contributed by atoms with E-state index in [4.69, 9.17) is 9.26 Å². The van der Waals surface area contributed by atoms with Crippen LogP contribution in [0.4, 0.5) is 5.69 Å². The molecule has 2 aromatic carbocycles. The molecular formula is C22H22N2O3. The summed E-state index contributed by atoms with van der Waals surface area (Å²) in [4.78, 5) is 12.3. The highest BCUT2D eigenvalue weighted by Gasteiger charge is 2.20. The Kier molecular flexibility index (Phi) is 4.67. The fourth-order valence-corrected chi connectivity index (χ4v) is 3.30. The van der Waals surface area contributed by atoms with Gasteiger partial charge in [-0.25, -0.2) is 0 Å². The molecular weight excluding hydrogens is 340 g/mol. The molecule has 0 bridgehead atoms. The first-order chi connectivity index (χ1) is 13.1. The molecule has 138 valence electrons. The van der Waals surface area contributed by atoms with Gasteiger partial charge in [0.15, 0.2) is 5.76 Å². The molecule has 0 fully saturated rings. The lowest BCUT2D eigenvalue weighted by Crippen LogP contribution is -2.14. The van der Waals surface area contributed by atoms with Gasteiger partial charge in [0.2, 0.25) is 5.91 Å². The maximum atomic E-state index is 12.3. The van der Waals surface area contributed by atoms with Gasteiger partial charge < -0.3 is 14.6 Å². The van der Waals surface area contributed by atoms with Crippen molar-refractivity contribution in [2.24, 2.45) is 0 Å². The average molecular weight is 362 g/mol. The van der Waals surface area contributed by atoms with Crippen LogP contribution < -0.4 is 10.1 Å². The topological polar surface area (TPSA) is 64.4 Å². The number of benzene rings is 2. The van der Waals surface area contributed by atoms with Crippen molar-refractivity contribution >= 4 is 11.6 Å². The zero-order valence-electron chi connectivity index (χ0n) is 15.5. The van der Waals surface area contributed by atoms with E-state index in [-0.39, 0.29) is 18.4 Å². The number of ether oxygens (including phenoxy) is 1. The normalized spacial score (nSPS) is 15.3. The van der Waals surface area contributed by atoms with E-state index in [0.717, 1.165) is 29.8 Å². The monoisotopic (exact) mass is 362 g/mol. The van der Waals surface area contributed by atoms with Crippen LogP contribution in [-0.4, -0.2) is 17.2 Å². The quantitative estimate of drug-likeness (QED) is 0.730. The Morgan fingerprint density at radius 3 is 2.78 bits per heavy atom. The predicted molar refractivity (Wildman–Crippen MR) is 104 cm³/mol. The van der Waals surface area contributed by atoms with Gasteiger partial charge in [-0.2, -0.15) is 0 Å². The van der Waals surface area contributed by atoms with Crippen LogP contribution in [0.25, 0.3) is 11.3 Å². The zero-order valence-corrected chi connectivity index (χ0v) is 15.5. The first-order valence-electron chi connectivity index (χ1n) is 9.25. The number of hydrogen-bond acceptors (Lipinski definition) is 4. The summed E-state index contributed by atoms with van der Waals surface area (Å²) < 4.78 is 11.2. The van der Waals surface area contributed by atoms with E-state index in [1.54, 1.807) is 0 Å². The van der Waals surface area contributed by atoms with Gasteiger partial charge in [-0.05, 0) is 54.8 Å². The van der Waals surface area contributed by atoms with Crippen LogP contribution >= 0.6 is 0 Å². The predicted octanol–water partition coefficient (Wildman–Crippen LogP) is 4.41. The smallest absolute Gasteiger partial charge is 0.230 e. The Balaban J connectivity index is 1.42.